The zero-order chi connectivity index (χ0) is 19.4. The van der Waals surface area contributed by atoms with Crippen LogP contribution in [0.15, 0.2) is 36.4 Å². The van der Waals surface area contributed by atoms with Crippen molar-refractivity contribution in [3.63, 3.8) is 0 Å². The van der Waals surface area contributed by atoms with Gasteiger partial charge in [0.25, 0.3) is 5.91 Å². The number of fused-ring (bicyclic) bond motifs is 1. The van der Waals surface area contributed by atoms with Crippen LogP contribution in [-0.4, -0.2) is 39.0 Å². The van der Waals surface area contributed by atoms with E-state index in [1.165, 1.54) is 27.2 Å². The van der Waals surface area contributed by atoms with Gasteiger partial charge >= 0.3 is 5.97 Å². The summed E-state index contributed by atoms with van der Waals surface area (Å²) in [4.78, 5) is 24.7. The number of carbonyl (C=O) groups excluding carboxylic acids is 2. The Labute approximate surface area is 155 Å². The first-order valence-corrected chi connectivity index (χ1v) is 8.15. The number of ether oxygens (including phenoxy) is 5. The number of anilines is 1. The molecule has 0 spiro atoms. The van der Waals surface area contributed by atoms with E-state index in [0.717, 1.165) is 0 Å². The maximum atomic E-state index is 12.4. The Morgan fingerprint density at radius 3 is 2.56 bits per heavy atom. The molecule has 0 fully saturated rings. The Morgan fingerprint density at radius 1 is 1.04 bits per heavy atom. The zero-order valence-electron chi connectivity index (χ0n) is 15.1. The van der Waals surface area contributed by atoms with Crippen LogP contribution in [0.1, 0.15) is 17.3 Å². The van der Waals surface area contributed by atoms with Crippen molar-refractivity contribution < 1.29 is 33.3 Å². The molecule has 0 radical (unpaired) electrons. The molecule has 3 rings (SSSR count). The monoisotopic (exact) mass is 373 g/mol. The van der Waals surface area contributed by atoms with Crippen LogP contribution in [0.2, 0.25) is 0 Å². The molecule has 142 valence electrons. The Kier molecular flexibility index (Phi) is 5.35. The second kappa shape index (κ2) is 7.86. The molecule has 1 amide bonds. The Morgan fingerprint density at radius 2 is 1.81 bits per heavy atom. The van der Waals surface area contributed by atoms with E-state index in [2.05, 4.69) is 5.32 Å². The number of hydrogen-bond acceptors (Lipinski definition) is 7. The first kappa shape index (κ1) is 18.4. The van der Waals surface area contributed by atoms with Gasteiger partial charge in [-0.15, -0.1) is 0 Å². The van der Waals surface area contributed by atoms with E-state index >= 15 is 0 Å². The van der Waals surface area contributed by atoms with E-state index in [-0.39, 0.29) is 12.4 Å². The van der Waals surface area contributed by atoms with Gasteiger partial charge in [-0.25, -0.2) is 4.79 Å². The van der Waals surface area contributed by atoms with E-state index < -0.39 is 18.0 Å². The summed E-state index contributed by atoms with van der Waals surface area (Å²) in [5.74, 6) is 0.879. The first-order valence-electron chi connectivity index (χ1n) is 8.15. The Balaban J connectivity index is 1.66. The summed E-state index contributed by atoms with van der Waals surface area (Å²) < 4.78 is 26.0. The van der Waals surface area contributed by atoms with Gasteiger partial charge in [-0.05, 0) is 37.3 Å². The maximum absolute atomic E-state index is 12.4. The molecule has 1 aliphatic heterocycles. The molecule has 1 N–H and O–H groups in total. The highest BCUT2D eigenvalue weighted by Gasteiger charge is 2.22. The highest BCUT2D eigenvalue weighted by atomic mass is 16.7. The molecule has 1 aliphatic rings. The van der Waals surface area contributed by atoms with Crippen LogP contribution >= 0.6 is 0 Å². The molecule has 0 aliphatic carbocycles. The molecule has 1 unspecified atom stereocenters. The van der Waals surface area contributed by atoms with Crippen molar-refractivity contribution in [1.82, 2.24) is 0 Å². The number of esters is 1. The summed E-state index contributed by atoms with van der Waals surface area (Å²) in [6.07, 6.45) is -1.03. The molecule has 8 nitrogen and oxygen atoms in total. The molecule has 1 atom stereocenters. The largest absolute Gasteiger partial charge is 0.497 e. The highest BCUT2D eigenvalue weighted by Crippen LogP contribution is 2.33. The number of nitrogens with one attached hydrogen (secondary N) is 1. The van der Waals surface area contributed by atoms with Crippen LogP contribution in [-0.2, 0) is 9.53 Å². The fourth-order valence-corrected chi connectivity index (χ4v) is 2.45. The van der Waals surface area contributed by atoms with Crippen molar-refractivity contribution in [2.24, 2.45) is 0 Å². The van der Waals surface area contributed by atoms with Gasteiger partial charge in [0.1, 0.15) is 11.5 Å². The second-order valence-corrected chi connectivity index (χ2v) is 5.67. The van der Waals surface area contributed by atoms with Crippen molar-refractivity contribution in [2.75, 3.05) is 26.3 Å². The molecule has 0 bridgehead atoms. The SMILES string of the molecule is COc1ccc(OC)c(NC(=O)C(C)OC(=O)c2ccc3c(c2)OCO3)c1. The number of rotatable bonds is 6. The molecular formula is C19H19NO7. The molecule has 0 saturated carbocycles. The van der Waals surface area contributed by atoms with E-state index in [1.54, 1.807) is 30.3 Å². The normalized spacial score (nSPS) is 12.9. The average molecular weight is 373 g/mol. The van der Waals surface area contributed by atoms with Crippen molar-refractivity contribution in [2.45, 2.75) is 13.0 Å². The lowest BCUT2D eigenvalue weighted by molar-refractivity contribution is -0.123. The minimum absolute atomic E-state index is 0.106. The molecule has 1 heterocycles. The molecule has 2 aromatic carbocycles. The highest BCUT2D eigenvalue weighted by molar-refractivity contribution is 5.98. The topological polar surface area (TPSA) is 92.3 Å². The summed E-state index contributed by atoms with van der Waals surface area (Å²) in [7, 11) is 3.00. The van der Waals surface area contributed by atoms with Gasteiger partial charge in [-0.2, -0.15) is 0 Å². The fourth-order valence-electron chi connectivity index (χ4n) is 2.45. The quantitative estimate of drug-likeness (QED) is 0.778. The lowest BCUT2D eigenvalue weighted by Gasteiger charge is -2.16. The number of amides is 1. The van der Waals surface area contributed by atoms with Gasteiger partial charge < -0.3 is 29.0 Å². The fraction of sp³-hybridized carbons (Fsp3) is 0.263. The van der Waals surface area contributed by atoms with E-state index in [0.29, 0.717) is 28.7 Å². The number of hydrogen-bond donors (Lipinski definition) is 1. The van der Waals surface area contributed by atoms with Gasteiger partial charge in [0.05, 0.1) is 25.5 Å². The number of methoxy groups -OCH3 is 2. The molecule has 0 saturated heterocycles. The van der Waals surface area contributed by atoms with Crippen molar-refractivity contribution in [1.29, 1.82) is 0 Å². The Hall–Kier alpha value is -3.42. The van der Waals surface area contributed by atoms with Crippen LogP contribution in [0, 0.1) is 0 Å². The first-order chi connectivity index (χ1) is 13.0. The standard InChI is InChI=1S/C19H19NO7/c1-11(18(21)20-14-9-13(23-2)5-7-15(14)24-3)27-19(22)12-4-6-16-17(8-12)26-10-25-16/h4-9,11H,10H2,1-3H3,(H,20,21). The third-order valence-electron chi connectivity index (χ3n) is 3.93. The van der Waals surface area contributed by atoms with Gasteiger partial charge in [0.15, 0.2) is 17.6 Å². The summed E-state index contributed by atoms with van der Waals surface area (Å²) in [6.45, 7) is 1.59. The predicted molar refractivity (Wildman–Crippen MR) is 95.6 cm³/mol. The third kappa shape index (κ3) is 4.05. The summed E-state index contributed by atoms with van der Waals surface area (Å²) in [5.41, 5.74) is 0.672. The van der Waals surface area contributed by atoms with Crippen LogP contribution in [0.25, 0.3) is 0 Å². The number of benzene rings is 2. The smallest absolute Gasteiger partial charge is 0.339 e. The van der Waals surface area contributed by atoms with Gasteiger partial charge in [0, 0.05) is 6.07 Å². The summed E-state index contributed by atoms with van der Waals surface area (Å²) in [5, 5.41) is 2.67. The van der Waals surface area contributed by atoms with Crippen LogP contribution < -0.4 is 24.3 Å². The van der Waals surface area contributed by atoms with Crippen LogP contribution in [0.3, 0.4) is 0 Å². The minimum Gasteiger partial charge on any atom is -0.497 e. The molecule has 2 aromatic rings. The van der Waals surface area contributed by atoms with E-state index in [4.69, 9.17) is 23.7 Å². The summed E-state index contributed by atoms with van der Waals surface area (Å²) >= 11 is 0. The van der Waals surface area contributed by atoms with Crippen molar-refractivity contribution in [3.05, 3.63) is 42.0 Å². The minimum atomic E-state index is -1.03. The molecule has 0 aromatic heterocycles. The molecule has 27 heavy (non-hydrogen) atoms. The lowest BCUT2D eigenvalue weighted by atomic mass is 10.2. The Bertz CT molecular complexity index is 865. The van der Waals surface area contributed by atoms with Crippen molar-refractivity contribution in [3.8, 4) is 23.0 Å². The van der Waals surface area contributed by atoms with E-state index in [1.807, 2.05) is 0 Å². The van der Waals surface area contributed by atoms with Crippen molar-refractivity contribution >= 4 is 17.6 Å². The van der Waals surface area contributed by atoms with Gasteiger partial charge in [0.2, 0.25) is 6.79 Å². The molecular weight excluding hydrogens is 354 g/mol. The van der Waals surface area contributed by atoms with E-state index in [9.17, 15) is 9.59 Å². The lowest BCUT2D eigenvalue weighted by Crippen LogP contribution is -2.30. The third-order valence-corrected chi connectivity index (χ3v) is 3.93. The van der Waals surface area contributed by atoms with Gasteiger partial charge in [-0.3, -0.25) is 4.79 Å². The molecule has 8 heteroatoms. The van der Waals surface area contributed by atoms with Crippen LogP contribution in [0.4, 0.5) is 5.69 Å². The average Bonchev–Trinajstić information content (AvgIpc) is 3.15. The summed E-state index contributed by atoms with van der Waals surface area (Å²) in [6, 6.07) is 9.66. The predicted octanol–water partition coefficient (Wildman–Crippen LogP) is 2.62. The zero-order valence-corrected chi connectivity index (χ0v) is 15.1. The van der Waals surface area contributed by atoms with Crippen LogP contribution in [0.5, 0.6) is 23.0 Å². The van der Waals surface area contributed by atoms with Gasteiger partial charge in [-0.1, -0.05) is 0 Å². The maximum Gasteiger partial charge on any atom is 0.339 e. The second-order valence-electron chi connectivity index (χ2n) is 5.67. The number of carbonyl (C=O) groups is 2.